The third-order valence-electron chi connectivity index (χ3n) is 5.59. The number of benzene rings is 1. The molecule has 2 heterocycles. The van der Waals surface area contributed by atoms with Crippen molar-refractivity contribution in [3.63, 3.8) is 0 Å². The van der Waals surface area contributed by atoms with Crippen LogP contribution >= 0.6 is 0 Å². The number of rotatable bonds is 8. The molecule has 0 amide bonds. The molecule has 2 aliphatic heterocycles. The summed E-state index contributed by atoms with van der Waals surface area (Å²) >= 11 is 0. The van der Waals surface area contributed by atoms with Crippen LogP contribution in [0.15, 0.2) is 30.3 Å². The average Bonchev–Trinajstić information content (AvgIpc) is 3.08. The number of aromatic hydroxyl groups is 1. The van der Waals surface area contributed by atoms with Gasteiger partial charge in [-0.3, -0.25) is 0 Å². The van der Waals surface area contributed by atoms with E-state index in [0.29, 0.717) is 5.56 Å². The van der Waals surface area contributed by atoms with Crippen LogP contribution in [-0.2, 0) is 23.7 Å². The first-order chi connectivity index (χ1) is 16.1. The van der Waals surface area contributed by atoms with Crippen molar-refractivity contribution in [3.8, 4) is 5.75 Å². The van der Waals surface area contributed by atoms with Crippen molar-refractivity contribution in [2.45, 2.75) is 54.8 Å². The zero-order chi connectivity index (χ0) is 25.0. The Balaban J connectivity index is 1.64. The van der Waals surface area contributed by atoms with Gasteiger partial charge in [0.1, 0.15) is 61.7 Å². The molecule has 13 heteroatoms. The lowest BCUT2D eigenvalue weighted by atomic mass is 9.99. The van der Waals surface area contributed by atoms with Crippen LogP contribution in [0.1, 0.15) is 5.56 Å². The number of ether oxygens (including phenoxy) is 4. The van der Waals surface area contributed by atoms with E-state index in [1.807, 2.05) is 0 Å². The maximum Gasteiger partial charge on any atom is 0.330 e. The Kier molecular flexibility index (Phi) is 8.59. The van der Waals surface area contributed by atoms with Gasteiger partial charge in [-0.05, 0) is 23.8 Å². The van der Waals surface area contributed by atoms with E-state index < -0.39 is 80.6 Å². The van der Waals surface area contributed by atoms with Crippen molar-refractivity contribution in [3.05, 3.63) is 35.9 Å². The molecule has 0 spiro atoms. The van der Waals surface area contributed by atoms with Crippen molar-refractivity contribution in [1.82, 2.24) is 0 Å². The predicted octanol–water partition coefficient (Wildman–Crippen LogP) is -3.43. The lowest BCUT2D eigenvalue weighted by molar-refractivity contribution is -0.383. The third-order valence-corrected chi connectivity index (χ3v) is 5.59. The first-order valence-corrected chi connectivity index (χ1v) is 10.4. The van der Waals surface area contributed by atoms with E-state index in [0.717, 1.165) is 6.08 Å². The number of hydrogen-bond acceptors (Lipinski definition) is 13. The summed E-state index contributed by atoms with van der Waals surface area (Å²) in [7, 11) is 0. The highest BCUT2D eigenvalue weighted by Crippen LogP contribution is 2.36. The number of aliphatic hydroxyl groups is 7. The largest absolute Gasteiger partial charge is 0.508 e. The third kappa shape index (κ3) is 5.55. The van der Waals surface area contributed by atoms with Crippen molar-refractivity contribution >= 4 is 12.0 Å². The monoisotopic (exact) mass is 488 g/mol. The zero-order valence-corrected chi connectivity index (χ0v) is 17.8. The smallest absolute Gasteiger partial charge is 0.330 e. The summed E-state index contributed by atoms with van der Waals surface area (Å²) in [6.07, 6.45) is -10.9. The molecule has 2 fully saturated rings. The van der Waals surface area contributed by atoms with Crippen LogP contribution in [0.25, 0.3) is 6.08 Å². The number of esters is 1. The number of phenols is 1. The molecule has 13 nitrogen and oxygen atoms in total. The van der Waals surface area contributed by atoms with Gasteiger partial charge in [-0.1, -0.05) is 12.1 Å². The van der Waals surface area contributed by atoms with Gasteiger partial charge in [0, 0.05) is 6.08 Å². The first kappa shape index (κ1) is 26.4. The minimum absolute atomic E-state index is 0.0561. The number of carbonyl (C=O) groups is 1. The Morgan fingerprint density at radius 3 is 2.24 bits per heavy atom. The summed E-state index contributed by atoms with van der Waals surface area (Å²) in [5.41, 5.74) is 0.600. The van der Waals surface area contributed by atoms with E-state index in [-0.39, 0.29) is 5.75 Å². The quantitative estimate of drug-likeness (QED) is 0.132. The lowest BCUT2D eigenvalue weighted by Gasteiger charge is -2.43. The van der Waals surface area contributed by atoms with Crippen molar-refractivity contribution in [2.75, 3.05) is 19.8 Å². The summed E-state index contributed by atoms with van der Waals surface area (Å²) < 4.78 is 21.0. The summed E-state index contributed by atoms with van der Waals surface area (Å²) in [6.45, 7) is -2.30. The molecular formula is C21H28O13. The standard InChI is InChI=1S/C21H28O13/c22-7-12-16(27)19(30)21(9-23,33-12)34-20-18(29)17(28)15(26)13(32-20)8-31-14(25)6-3-10-1-4-11(24)5-2-10/h1-6,12-13,15-20,22-24,26-30H,7-9H2/t12-,13-,15+,16-,17-,18+,19+,20+,21-/m0/s1. The van der Waals surface area contributed by atoms with Gasteiger partial charge >= 0.3 is 5.97 Å². The molecule has 0 unspecified atom stereocenters. The Morgan fingerprint density at radius 1 is 0.971 bits per heavy atom. The SMILES string of the molecule is O=C(C=Cc1ccc(O)cc1)OC[C@@H]1O[C@H](O[C@]2(CO)O[C@@H](CO)[C@H](O)[C@H]2O)[C@H](O)[C@@H](O)[C@@H]1O. The molecule has 9 atom stereocenters. The fraction of sp³-hybridized carbons (Fsp3) is 0.571. The Morgan fingerprint density at radius 2 is 1.65 bits per heavy atom. The molecule has 0 radical (unpaired) electrons. The van der Waals surface area contributed by atoms with Crippen LogP contribution in [0.4, 0.5) is 0 Å². The Labute approximate surface area is 193 Å². The molecule has 2 aliphatic rings. The van der Waals surface area contributed by atoms with E-state index in [2.05, 4.69) is 0 Å². The molecule has 0 bridgehead atoms. The average molecular weight is 488 g/mol. The highest BCUT2D eigenvalue weighted by molar-refractivity contribution is 5.87. The van der Waals surface area contributed by atoms with Gasteiger partial charge in [0.25, 0.3) is 0 Å². The van der Waals surface area contributed by atoms with E-state index >= 15 is 0 Å². The molecule has 0 aliphatic carbocycles. The van der Waals surface area contributed by atoms with E-state index in [1.54, 1.807) is 12.1 Å². The van der Waals surface area contributed by atoms with Crippen molar-refractivity contribution in [1.29, 1.82) is 0 Å². The minimum Gasteiger partial charge on any atom is -0.508 e. The minimum atomic E-state index is -2.31. The molecule has 34 heavy (non-hydrogen) atoms. The zero-order valence-electron chi connectivity index (χ0n) is 17.8. The van der Waals surface area contributed by atoms with E-state index in [9.17, 15) is 45.6 Å². The molecule has 8 N–H and O–H groups in total. The molecule has 1 aromatic rings. The molecule has 1 aromatic carbocycles. The maximum atomic E-state index is 12.0. The highest BCUT2D eigenvalue weighted by Gasteiger charge is 2.58. The molecular weight excluding hydrogens is 460 g/mol. The maximum absolute atomic E-state index is 12.0. The van der Waals surface area contributed by atoms with Crippen LogP contribution in [0.3, 0.4) is 0 Å². The van der Waals surface area contributed by atoms with Gasteiger partial charge in [-0.25, -0.2) is 4.79 Å². The van der Waals surface area contributed by atoms with Crippen molar-refractivity contribution in [2.24, 2.45) is 0 Å². The second kappa shape index (κ2) is 11.0. The van der Waals surface area contributed by atoms with Gasteiger partial charge in [0.15, 0.2) is 6.29 Å². The summed E-state index contributed by atoms with van der Waals surface area (Å²) in [4.78, 5) is 12.0. The number of aliphatic hydroxyl groups excluding tert-OH is 7. The molecule has 2 saturated heterocycles. The Hall–Kier alpha value is -2.17. The van der Waals surface area contributed by atoms with E-state index in [1.165, 1.54) is 18.2 Å². The fourth-order valence-corrected chi connectivity index (χ4v) is 3.58. The summed E-state index contributed by atoms with van der Waals surface area (Å²) in [6, 6.07) is 5.97. The highest BCUT2D eigenvalue weighted by atomic mass is 16.8. The number of carbonyl (C=O) groups excluding carboxylic acids is 1. The summed E-state index contributed by atoms with van der Waals surface area (Å²) in [5, 5.41) is 79.1. The van der Waals surface area contributed by atoms with Crippen LogP contribution in [0.2, 0.25) is 0 Å². The molecule has 0 saturated carbocycles. The van der Waals surface area contributed by atoms with Gasteiger partial charge in [0.05, 0.1) is 6.61 Å². The molecule has 190 valence electrons. The first-order valence-electron chi connectivity index (χ1n) is 10.4. The van der Waals surface area contributed by atoms with Crippen LogP contribution in [0.5, 0.6) is 5.75 Å². The van der Waals surface area contributed by atoms with Crippen LogP contribution in [0, 0.1) is 0 Å². The normalized spacial score (nSPS) is 38.3. The summed E-state index contributed by atoms with van der Waals surface area (Å²) in [5.74, 6) is -3.08. The van der Waals surface area contributed by atoms with Gasteiger partial charge in [-0.15, -0.1) is 0 Å². The second-order valence-corrected chi connectivity index (χ2v) is 7.93. The molecule has 3 rings (SSSR count). The van der Waals surface area contributed by atoms with Gasteiger partial charge < -0.3 is 59.8 Å². The Bertz CT molecular complexity index is 846. The van der Waals surface area contributed by atoms with Crippen LogP contribution < -0.4 is 0 Å². The fourth-order valence-electron chi connectivity index (χ4n) is 3.58. The number of hydrogen-bond donors (Lipinski definition) is 8. The van der Waals surface area contributed by atoms with Gasteiger partial charge in [-0.2, -0.15) is 0 Å². The van der Waals surface area contributed by atoms with Gasteiger partial charge in [0.2, 0.25) is 5.79 Å². The van der Waals surface area contributed by atoms with Crippen molar-refractivity contribution < 1.29 is 64.6 Å². The van der Waals surface area contributed by atoms with E-state index in [4.69, 9.17) is 18.9 Å². The van der Waals surface area contributed by atoms with Crippen LogP contribution in [-0.4, -0.2) is 121 Å². The number of phenolic OH excluding ortho intramolecular Hbond substituents is 1. The lowest BCUT2D eigenvalue weighted by Crippen LogP contribution is -2.62. The second-order valence-electron chi connectivity index (χ2n) is 7.93. The molecule has 0 aromatic heterocycles. The predicted molar refractivity (Wildman–Crippen MR) is 110 cm³/mol. The topological polar surface area (TPSA) is 216 Å².